The molecule has 5 nitrogen and oxygen atoms in total. The molecule has 1 aromatic carbocycles. The van der Waals surface area contributed by atoms with Crippen molar-refractivity contribution in [3.05, 3.63) is 33.4 Å². The summed E-state index contributed by atoms with van der Waals surface area (Å²) in [6, 6.07) is 3.65. The molecule has 18 heavy (non-hydrogen) atoms. The van der Waals surface area contributed by atoms with Gasteiger partial charge in [0.15, 0.2) is 0 Å². The van der Waals surface area contributed by atoms with Gasteiger partial charge in [-0.15, -0.1) is 0 Å². The van der Waals surface area contributed by atoms with Gasteiger partial charge >= 0.3 is 0 Å². The summed E-state index contributed by atoms with van der Waals surface area (Å²) in [5, 5.41) is 14.2. The van der Waals surface area contributed by atoms with Crippen LogP contribution in [-0.2, 0) is 4.74 Å². The quantitative estimate of drug-likeness (QED) is 0.624. The van der Waals surface area contributed by atoms with Crippen LogP contribution in [0.1, 0.15) is 24.5 Å². The van der Waals surface area contributed by atoms with E-state index in [0.717, 1.165) is 17.7 Å². The smallest absolute Gasteiger partial charge is 0.272 e. The van der Waals surface area contributed by atoms with Crippen molar-refractivity contribution in [3.8, 4) is 0 Å². The first-order chi connectivity index (χ1) is 8.49. The van der Waals surface area contributed by atoms with Gasteiger partial charge in [-0.1, -0.05) is 6.92 Å². The highest BCUT2D eigenvalue weighted by Gasteiger charge is 2.15. The summed E-state index contributed by atoms with van der Waals surface area (Å²) >= 11 is 0. The number of nitro benzene ring substituents is 1. The summed E-state index contributed by atoms with van der Waals surface area (Å²) in [7, 11) is 1.66. The van der Waals surface area contributed by atoms with E-state index in [1.807, 2.05) is 13.0 Å². The van der Waals surface area contributed by atoms with Gasteiger partial charge < -0.3 is 10.1 Å². The Balaban J connectivity index is 2.97. The first kappa shape index (κ1) is 14.4. The highest BCUT2D eigenvalue weighted by molar-refractivity contribution is 5.59. The van der Waals surface area contributed by atoms with Crippen LogP contribution in [-0.4, -0.2) is 24.7 Å². The molecule has 0 saturated heterocycles. The van der Waals surface area contributed by atoms with Crippen LogP contribution in [0, 0.1) is 24.0 Å². The molecule has 0 heterocycles. The van der Waals surface area contributed by atoms with Crippen LogP contribution in [0.2, 0.25) is 0 Å². The highest BCUT2D eigenvalue weighted by atomic mass is 16.6. The van der Waals surface area contributed by atoms with E-state index in [2.05, 4.69) is 12.2 Å². The standard InChI is InChI=1S/C13H20N2O3/c1-5-11(8-18-4)14-12-6-10(3)13(15(16)17)7-9(12)2/h6-7,11,14H,5,8H2,1-4H3. The lowest BCUT2D eigenvalue weighted by Gasteiger charge is -2.19. The molecule has 0 aromatic heterocycles. The fourth-order valence-corrected chi connectivity index (χ4v) is 1.84. The van der Waals surface area contributed by atoms with E-state index in [0.29, 0.717) is 12.2 Å². The summed E-state index contributed by atoms with van der Waals surface area (Å²) < 4.78 is 5.13. The molecule has 0 radical (unpaired) electrons. The minimum absolute atomic E-state index is 0.165. The zero-order valence-corrected chi connectivity index (χ0v) is 11.3. The fourth-order valence-electron chi connectivity index (χ4n) is 1.84. The molecule has 1 aromatic rings. The second kappa shape index (κ2) is 6.35. The van der Waals surface area contributed by atoms with E-state index in [9.17, 15) is 10.1 Å². The Morgan fingerprint density at radius 2 is 2.06 bits per heavy atom. The maximum absolute atomic E-state index is 10.8. The lowest BCUT2D eigenvalue weighted by Crippen LogP contribution is -2.24. The Kier molecular flexibility index (Phi) is 5.09. The molecule has 5 heteroatoms. The van der Waals surface area contributed by atoms with E-state index >= 15 is 0 Å². The van der Waals surface area contributed by atoms with E-state index in [-0.39, 0.29) is 16.7 Å². The molecular formula is C13H20N2O3. The second-order valence-electron chi connectivity index (χ2n) is 4.42. The molecule has 0 saturated carbocycles. The molecule has 0 aliphatic carbocycles. The van der Waals surface area contributed by atoms with Crippen LogP contribution < -0.4 is 5.32 Å². The van der Waals surface area contributed by atoms with Crippen LogP contribution in [0.4, 0.5) is 11.4 Å². The average Bonchev–Trinajstić information content (AvgIpc) is 2.32. The second-order valence-corrected chi connectivity index (χ2v) is 4.42. The zero-order valence-electron chi connectivity index (χ0n) is 11.3. The van der Waals surface area contributed by atoms with E-state index in [1.165, 1.54) is 0 Å². The minimum atomic E-state index is -0.349. The lowest BCUT2D eigenvalue weighted by molar-refractivity contribution is -0.385. The molecule has 1 unspecified atom stereocenters. The number of anilines is 1. The first-order valence-corrected chi connectivity index (χ1v) is 6.00. The van der Waals surface area contributed by atoms with Crippen molar-refractivity contribution >= 4 is 11.4 Å². The molecule has 1 N–H and O–H groups in total. The molecule has 1 atom stereocenters. The van der Waals surface area contributed by atoms with Gasteiger partial charge in [-0.2, -0.15) is 0 Å². The number of methoxy groups -OCH3 is 1. The molecule has 100 valence electrons. The van der Waals surface area contributed by atoms with Gasteiger partial charge in [0.25, 0.3) is 5.69 Å². The molecule has 0 spiro atoms. The molecule has 1 rings (SSSR count). The summed E-state index contributed by atoms with van der Waals surface area (Å²) in [6.45, 7) is 6.31. The number of nitro groups is 1. The van der Waals surface area contributed by atoms with Crippen LogP contribution in [0.3, 0.4) is 0 Å². The Labute approximate surface area is 107 Å². The predicted octanol–water partition coefficient (Wildman–Crippen LogP) is 3.05. The number of hydrogen-bond donors (Lipinski definition) is 1. The van der Waals surface area contributed by atoms with Crippen LogP contribution in [0.15, 0.2) is 12.1 Å². The number of ether oxygens (including phenoxy) is 1. The number of aryl methyl sites for hydroxylation is 2. The molecule has 0 aliphatic heterocycles. The molecule has 0 bridgehead atoms. The van der Waals surface area contributed by atoms with Crippen LogP contribution in [0.25, 0.3) is 0 Å². The number of rotatable bonds is 6. The van der Waals surface area contributed by atoms with Gasteiger partial charge in [-0.3, -0.25) is 10.1 Å². The summed E-state index contributed by atoms with van der Waals surface area (Å²) in [4.78, 5) is 10.5. The fraction of sp³-hybridized carbons (Fsp3) is 0.538. The minimum Gasteiger partial charge on any atom is -0.383 e. The predicted molar refractivity (Wildman–Crippen MR) is 72.1 cm³/mol. The van der Waals surface area contributed by atoms with Gasteiger partial charge in [0.05, 0.1) is 11.5 Å². The van der Waals surface area contributed by atoms with Crippen molar-refractivity contribution in [1.29, 1.82) is 0 Å². The normalized spacial score (nSPS) is 12.2. The monoisotopic (exact) mass is 252 g/mol. The average molecular weight is 252 g/mol. The van der Waals surface area contributed by atoms with Crippen molar-refractivity contribution in [2.75, 3.05) is 19.0 Å². The van der Waals surface area contributed by atoms with Gasteiger partial charge in [0, 0.05) is 30.5 Å². The topological polar surface area (TPSA) is 64.4 Å². The SMILES string of the molecule is CCC(COC)Nc1cc(C)c([N+](=O)[O-])cc1C. The third-order valence-electron chi connectivity index (χ3n) is 2.96. The molecule has 0 fully saturated rings. The number of benzene rings is 1. The first-order valence-electron chi connectivity index (χ1n) is 6.00. The number of nitrogens with one attached hydrogen (secondary N) is 1. The third-order valence-corrected chi connectivity index (χ3v) is 2.96. The van der Waals surface area contributed by atoms with Crippen molar-refractivity contribution in [2.24, 2.45) is 0 Å². The maximum atomic E-state index is 10.8. The van der Waals surface area contributed by atoms with Crippen LogP contribution >= 0.6 is 0 Å². The van der Waals surface area contributed by atoms with E-state index < -0.39 is 0 Å². The largest absolute Gasteiger partial charge is 0.383 e. The Morgan fingerprint density at radius 1 is 1.39 bits per heavy atom. The Bertz CT molecular complexity index is 432. The maximum Gasteiger partial charge on any atom is 0.272 e. The summed E-state index contributed by atoms with van der Waals surface area (Å²) in [6.07, 6.45) is 0.934. The van der Waals surface area contributed by atoms with Crippen molar-refractivity contribution in [2.45, 2.75) is 33.2 Å². The number of hydrogen-bond acceptors (Lipinski definition) is 4. The third kappa shape index (κ3) is 3.43. The summed E-state index contributed by atoms with van der Waals surface area (Å²) in [5.74, 6) is 0. The molecule has 0 amide bonds. The van der Waals surface area contributed by atoms with Gasteiger partial charge in [-0.05, 0) is 31.9 Å². The van der Waals surface area contributed by atoms with Gasteiger partial charge in [-0.25, -0.2) is 0 Å². The van der Waals surface area contributed by atoms with Gasteiger partial charge in [0.1, 0.15) is 0 Å². The van der Waals surface area contributed by atoms with E-state index in [4.69, 9.17) is 4.74 Å². The highest BCUT2D eigenvalue weighted by Crippen LogP contribution is 2.26. The van der Waals surface area contributed by atoms with Crippen molar-refractivity contribution in [1.82, 2.24) is 0 Å². The summed E-state index contributed by atoms with van der Waals surface area (Å²) in [5.41, 5.74) is 2.64. The Morgan fingerprint density at radius 3 is 2.56 bits per heavy atom. The van der Waals surface area contributed by atoms with E-state index in [1.54, 1.807) is 20.1 Å². The van der Waals surface area contributed by atoms with Crippen molar-refractivity contribution in [3.63, 3.8) is 0 Å². The lowest BCUT2D eigenvalue weighted by atomic mass is 10.1. The van der Waals surface area contributed by atoms with Crippen molar-refractivity contribution < 1.29 is 9.66 Å². The molecular weight excluding hydrogens is 232 g/mol. The Hall–Kier alpha value is -1.62. The van der Waals surface area contributed by atoms with Crippen LogP contribution in [0.5, 0.6) is 0 Å². The zero-order chi connectivity index (χ0) is 13.7. The number of nitrogens with zero attached hydrogens (tertiary/aromatic N) is 1. The molecule has 0 aliphatic rings. The van der Waals surface area contributed by atoms with Gasteiger partial charge in [0.2, 0.25) is 0 Å².